The van der Waals surface area contributed by atoms with Crippen molar-refractivity contribution in [2.75, 3.05) is 0 Å². The van der Waals surface area contributed by atoms with Crippen LogP contribution in [0.3, 0.4) is 0 Å². The first-order valence-corrected chi connectivity index (χ1v) is 7.78. The number of aliphatic hydroxyl groups is 1. The average molecular weight is 301 g/mol. The van der Waals surface area contributed by atoms with Crippen LogP contribution in [0.15, 0.2) is 11.6 Å². The van der Waals surface area contributed by atoms with Gasteiger partial charge in [-0.1, -0.05) is 55.3 Å². The zero-order valence-corrected chi connectivity index (χ0v) is 13.0. The zero-order valence-electron chi connectivity index (χ0n) is 11.5. The third kappa shape index (κ3) is 2.12. The molecule has 0 aliphatic heterocycles. The maximum atomic E-state index is 11.2. The molecule has 0 heterocycles. The highest BCUT2D eigenvalue weighted by atomic mass is 79.9. The molecule has 98 valence electrons. The van der Waals surface area contributed by atoms with Crippen molar-refractivity contribution < 1.29 is 5.11 Å². The molecular weight excluding hydrogens is 276 g/mol. The third-order valence-electron chi connectivity index (χ3n) is 5.11. The van der Waals surface area contributed by atoms with Crippen molar-refractivity contribution in [2.24, 2.45) is 17.3 Å². The van der Waals surface area contributed by atoms with Gasteiger partial charge in [-0.05, 0) is 37.5 Å². The lowest BCUT2D eigenvalue weighted by atomic mass is 9.54. The number of fused-ring (bicyclic) bond motifs is 1. The molecule has 0 amide bonds. The van der Waals surface area contributed by atoms with Crippen LogP contribution in [0, 0.1) is 17.3 Å². The largest absolute Gasteiger partial charge is 0.385 e. The van der Waals surface area contributed by atoms with E-state index in [1.807, 2.05) is 0 Å². The third-order valence-corrected chi connectivity index (χ3v) is 5.81. The molecule has 0 radical (unpaired) electrons. The highest BCUT2D eigenvalue weighted by Crippen LogP contribution is 2.55. The molecule has 1 fully saturated rings. The van der Waals surface area contributed by atoms with E-state index in [9.17, 15) is 5.11 Å². The van der Waals surface area contributed by atoms with E-state index in [1.54, 1.807) is 0 Å². The summed E-state index contributed by atoms with van der Waals surface area (Å²) in [6, 6.07) is 0. The molecule has 2 heteroatoms. The van der Waals surface area contributed by atoms with Gasteiger partial charge in [-0.2, -0.15) is 0 Å². The van der Waals surface area contributed by atoms with E-state index in [2.05, 4.69) is 49.7 Å². The van der Waals surface area contributed by atoms with Crippen LogP contribution < -0.4 is 0 Å². The quantitative estimate of drug-likeness (QED) is 0.566. The van der Waals surface area contributed by atoms with Crippen LogP contribution in [0.1, 0.15) is 53.4 Å². The minimum absolute atomic E-state index is 0.0528. The van der Waals surface area contributed by atoms with Gasteiger partial charge in [-0.3, -0.25) is 0 Å². The van der Waals surface area contributed by atoms with Gasteiger partial charge in [0.05, 0.1) is 5.60 Å². The monoisotopic (exact) mass is 300 g/mol. The second-order valence-corrected chi connectivity index (χ2v) is 7.99. The van der Waals surface area contributed by atoms with Gasteiger partial charge < -0.3 is 5.11 Å². The lowest BCUT2D eigenvalue weighted by molar-refractivity contribution is -0.111. The average Bonchev–Trinajstić information content (AvgIpc) is 2.20. The molecule has 1 saturated carbocycles. The van der Waals surface area contributed by atoms with Crippen LogP contribution in [0.5, 0.6) is 0 Å². The lowest BCUT2D eigenvalue weighted by Gasteiger charge is -2.55. The molecule has 0 aromatic carbocycles. The van der Waals surface area contributed by atoms with Gasteiger partial charge in [0.25, 0.3) is 0 Å². The Hall–Kier alpha value is 0.180. The van der Waals surface area contributed by atoms with Crippen molar-refractivity contribution in [1.82, 2.24) is 0 Å². The normalized spacial score (nSPS) is 46.6. The fraction of sp³-hybridized carbons (Fsp3) is 0.867. The molecule has 0 saturated heterocycles. The first kappa shape index (κ1) is 13.6. The summed E-state index contributed by atoms with van der Waals surface area (Å²) in [5.74, 6) is 0.914. The minimum atomic E-state index is -0.588. The van der Waals surface area contributed by atoms with E-state index in [0.29, 0.717) is 16.7 Å². The van der Waals surface area contributed by atoms with Crippen molar-refractivity contribution in [2.45, 2.75) is 63.8 Å². The number of halogens is 1. The van der Waals surface area contributed by atoms with E-state index < -0.39 is 5.60 Å². The number of rotatable bonds is 1. The van der Waals surface area contributed by atoms with Gasteiger partial charge >= 0.3 is 0 Å². The maximum Gasteiger partial charge on any atom is 0.0909 e. The molecule has 0 bridgehead atoms. The maximum absolute atomic E-state index is 11.2. The molecule has 2 aliphatic rings. The van der Waals surface area contributed by atoms with Crippen molar-refractivity contribution in [3.63, 3.8) is 0 Å². The molecule has 4 atom stereocenters. The topological polar surface area (TPSA) is 20.2 Å². The smallest absolute Gasteiger partial charge is 0.0909 e. The van der Waals surface area contributed by atoms with Crippen molar-refractivity contribution in [3.8, 4) is 0 Å². The summed E-state index contributed by atoms with van der Waals surface area (Å²) in [5.41, 5.74) is 0.914. The van der Waals surface area contributed by atoms with Crippen LogP contribution in [-0.4, -0.2) is 15.5 Å². The zero-order chi connectivity index (χ0) is 12.8. The Morgan fingerprint density at radius 1 is 1.47 bits per heavy atom. The van der Waals surface area contributed by atoms with E-state index in [-0.39, 0.29) is 5.41 Å². The van der Waals surface area contributed by atoms with E-state index in [4.69, 9.17) is 0 Å². The van der Waals surface area contributed by atoms with Crippen LogP contribution in [0.2, 0.25) is 0 Å². The summed E-state index contributed by atoms with van der Waals surface area (Å²) in [4.78, 5) is 0.566. The summed E-state index contributed by atoms with van der Waals surface area (Å²) in [5, 5.41) is 11.2. The fourth-order valence-electron chi connectivity index (χ4n) is 3.74. The summed E-state index contributed by atoms with van der Waals surface area (Å²) < 4.78 is 0. The summed E-state index contributed by atoms with van der Waals surface area (Å²) in [6.45, 7) is 8.94. The Labute approximate surface area is 114 Å². The van der Waals surface area contributed by atoms with Crippen LogP contribution in [0.25, 0.3) is 0 Å². The van der Waals surface area contributed by atoms with Gasteiger partial charge in [0.2, 0.25) is 0 Å². The van der Waals surface area contributed by atoms with Gasteiger partial charge in [0, 0.05) is 10.2 Å². The van der Waals surface area contributed by atoms with E-state index in [1.165, 1.54) is 5.57 Å². The molecule has 0 aromatic heterocycles. The van der Waals surface area contributed by atoms with Gasteiger partial charge in [0.15, 0.2) is 0 Å². The van der Waals surface area contributed by atoms with E-state index >= 15 is 0 Å². The lowest BCUT2D eigenvalue weighted by Crippen LogP contribution is -2.56. The highest BCUT2D eigenvalue weighted by molar-refractivity contribution is 9.09. The number of hydrogen-bond acceptors (Lipinski definition) is 1. The number of hydrogen-bond donors (Lipinski definition) is 1. The van der Waals surface area contributed by atoms with Crippen LogP contribution >= 0.6 is 15.9 Å². The van der Waals surface area contributed by atoms with Crippen LogP contribution in [0.4, 0.5) is 0 Å². The molecule has 0 unspecified atom stereocenters. The number of alkyl halides is 1. The van der Waals surface area contributed by atoms with Crippen LogP contribution in [-0.2, 0) is 0 Å². The molecule has 17 heavy (non-hydrogen) atoms. The number of allylic oxidation sites excluding steroid dienone is 1. The van der Waals surface area contributed by atoms with Crippen molar-refractivity contribution in [3.05, 3.63) is 11.6 Å². The Morgan fingerprint density at radius 3 is 2.71 bits per heavy atom. The van der Waals surface area contributed by atoms with Gasteiger partial charge in [0.1, 0.15) is 0 Å². The summed E-state index contributed by atoms with van der Waals surface area (Å²) in [6.07, 6.45) is 6.66. The molecule has 1 nitrogen and oxygen atoms in total. The first-order chi connectivity index (χ1) is 7.78. The highest BCUT2D eigenvalue weighted by Gasteiger charge is 2.54. The summed E-state index contributed by atoms with van der Waals surface area (Å²) >= 11 is 3.76. The molecule has 0 aromatic rings. The molecular formula is C15H25BrO. The predicted octanol–water partition coefficient (Wildman–Crippen LogP) is 4.29. The fourth-order valence-corrected chi connectivity index (χ4v) is 5.02. The Kier molecular flexibility index (Phi) is 3.51. The first-order valence-electron chi connectivity index (χ1n) is 6.86. The second kappa shape index (κ2) is 4.38. The summed E-state index contributed by atoms with van der Waals surface area (Å²) in [7, 11) is 0. The molecule has 2 aliphatic carbocycles. The minimum Gasteiger partial charge on any atom is -0.385 e. The Balaban J connectivity index is 2.39. The van der Waals surface area contributed by atoms with Crippen molar-refractivity contribution in [1.29, 1.82) is 0 Å². The molecule has 2 rings (SSSR count). The van der Waals surface area contributed by atoms with E-state index in [0.717, 1.165) is 25.7 Å². The Morgan fingerprint density at radius 2 is 2.12 bits per heavy atom. The SMILES string of the molecule is CC(C)C1=C[C@]2(O)[C@H](C)C[C@H](Br)C[C@]2(C)CC1. The predicted molar refractivity (Wildman–Crippen MR) is 76.3 cm³/mol. The van der Waals surface area contributed by atoms with Gasteiger partial charge in [-0.15, -0.1) is 0 Å². The molecule has 0 spiro atoms. The Bertz CT molecular complexity index is 336. The molecule has 1 N–H and O–H groups in total. The van der Waals surface area contributed by atoms with Crippen molar-refractivity contribution >= 4 is 15.9 Å². The standard InChI is InChI=1S/C15H25BrO/c1-10(2)12-5-6-14(4)9-13(16)7-11(3)15(14,17)8-12/h8,10-11,13,17H,5-7,9H2,1-4H3/t11-,13+,14+,15+/m1/s1. The second-order valence-electron chi connectivity index (χ2n) is 6.70. The van der Waals surface area contributed by atoms with Gasteiger partial charge in [-0.25, -0.2) is 0 Å².